The second-order valence-corrected chi connectivity index (χ2v) is 6.74. The summed E-state index contributed by atoms with van der Waals surface area (Å²) in [5.41, 5.74) is 0.702. The van der Waals surface area contributed by atoms with E-state index in [0.717, 1.165) is 0 Å². The second-order valence-electron chi connectivity index (χ2n) is 6.74. The van der Waals surface area contributed by atoms with Crippen molar-refractivity contribution in [3.05, 3.63) is 83.6 Å². The Morgan fingerprint density at radius 3 is 2.03 bits per heavy atom. The van der Waals surface area contributed by atoms with E-state index in [9.17, 15) is 18.4 Å². The average molecular weight is 396 g/mol. The molecule has 2 aromatic carbocycles. The largest absolute Gasteiger partial charge is 0.451 e. The van der Waals surface area contributed by atoms with E-state index in [2.05, 4.69) is 0 Å². The maximum Gasteiger partial charge on any atom is 0.289 e. The third-order valence-electron chi connectivity index (χ3n) is 4.90. The standard InChI is InChI=1S/C22H18F2N2O3/c23-16-7-5-15(6-8-16)21(27)25-11-13-26(14-12-25)22(28)20-10-9-19(29-20)17-3-1-2-4-18(17)24/h1-10H,11-14H2. The van der Waals surface area contributed by atoms with Crippen LogP contribution >= 0.6 is 0 Å². The number of benzene rings is 2. The van der Waals surface area contributed by atoms with Gasteiger partial charge in [0.2, 0.25) is 0 Å². The molecule has 1 aliphatic heterocycles. The fourth-order valence-electron chi connectivity index (χ4n) is 3.30. The molecule has 2 amide bonds. The number of amides is 2. The molecule has 0 saturated carbocycles. The van der Waals surface area contributed by atoms with Gasteiger partial charge in [-0.05, 0) is 48.5 Å². The molecule has 1 aliphatic rings. The quantitative estimate of drug-likeness (QED) is 0.676. The molecule has 1 aromatic heterocycles. The lowest BCUT2D eigenvalue weighted by atomic mass is 10.1. The molecule has 7 heteroatoms. The van der Waals surface area contributed by atoms with E-state index >= 15 is 0 Å². The molecule has 3 aromatic rings. The third-order valence-corrected chi connectivity index (χ3v) is 4.90. The minimum atomic E-state index is -0.422. The fourth-order valence-corrected chi connectivity index (χ4v) is 3.30. The van der Waals surface area contributed by atoms with Gasteiger partial charge in [-0.3, -0.25) is 9.59 Å². The van der Waals surface area contributed by atoms with Gasteiger partial charge in [-0.25, -0.2) is 8.78 Å². The van der Waals surface area contributed by atoms with Gasteiger partial charge < -0.3 is 14.2 Å². The molecule has 0 radical (unpaired) electrons. The van der Waals surface area contributed by atoms with Crippen LogP contribution in [0.5, 0.6) is 0 Å². The van der Waals surface area contributed by atoms with E-state index in [1.807, 2.05) is 0 Å². The number of rotatable bonds is 3. The van der Waals surface area contributed by atoms with Crippen molar-refractivity contribution in [2.24, 2.45) is 0 Å². The molecule has 0 bridgehead atoms. The third kappa shape index (κ3) is 3.89. The Kier molecular flexibility index (Phi) is 5.12. The van der Waals surface area contributed by atoms with Gasteiger partial charge in [0, 0.05) is 31.7 Å². The molecule has 0 N–H and O–H groups in total. The predicted octanol–water partition coefficient (Wildman–Crippen LogP) is 3.82. The zero-order chi connectivity index (χ0) is 20.4. The van der Waals surface area contributed by atoms with E-state index in [1.165, 1.54) is 36.4 Å². The number of hydrogen-bond donors (Lipinski definition) is 0. The normalized spacial score (nSPS) is 14.1. The molecule has 1 saturated heterocycles. The van der Waals surface area contributed by atoms with Crippen LogP contribution in [0.4, 0.5) is 8.78 Å². The van der Waals surface area contributed by atoms with Crippen molar-refractivity contribution in [2.45, 2.75) is 0 Å². The van der Waals surface area contributed by atoms with Gasteiger partial charge in [-0.2, -0.15) is 0 Å². The summed E-state index contributed by atoms with van der Waals surface area (Å²) < 4.78 is 32.5. The number of furan rings is 1. The summed E-state index contributed by atoms with van der Waals surface area (Å²) in [5.74, 6) is -0.907. The highest BCUT2D eigenvalue weighted by Crippen LogP contribution is 2.25. The molecule has 2 heterocycles. The van der Waals surface area contributed by atoms with Crippen LogP contribution < -0.4 is 0 Å². The highest BCUT2D eigenvalue weighted by Gasteiger charge is 2.27. The summed E-state index contributed by atoms with van der Waals surface area (Å²) >= 11 is 0. The molecular weight excluding hydrogens is 378 g/mol. The molecule has 0 unspecified atom stereocenters. The molecule has 0 atom stereocenters. The van der Waals surface area contributed by atoms with Gasteiger partial charge in [0.1, 0.15) is 17.4 Å². The van der Waals surface area contributed by atoms with Crippen LogP contribution in [0.1, 0.15) is 20.9 Å². The first-order chi connectivity index (χ1) is 14.0. The van der Waals surface area contributed by atoms with E-state index in [0.29, 0.717) is 37.3 Å². The monoisotopic (exact) mass is 396 g/mol. The maximum absolute atomic E-state index is 13.9. The number of carbonyl (C=O) groups excluding carboxylic acids is 2. The second kappa shape index (κ2) is 7.87. The van der Waals surface area contributed by atoms with Crippen molar-refractivity contribution in [3.63, 3.8) is 0 Å². The number of hydrogen-bond acceptors (Lipinski definition) is 3. The van der Waals surface area contributed by atoms with E-state index < -0.39 is 11.6 Å². The van der Waals surface area contributed by atoms with Crippen LogP contribution in [0.15, 0.2) is 65.1 Å². The number of halogens is 2. The molecule has 29 heavy (non-hydrogen) atoms. The average Bonchev–Trinajstić information content (AvgIpc) is 3.24. The zero-order valence-electron chi connectivity index (χ0n) is 15.5. The summed E-state index contributed by atoms with van der Waals surface area (Å²) in [4.78, 5) is 28.4. The molecule has 148 valence electrons. The topological polar surface area (TPSA) is 53.8 Å². The Morgan fingerprint density at radius 2 is 1.38 bits per heavy atom. The Labute approximate surface area is 166 Å². The number of piperazine rings is 1. The van der Waals surface area contributed by atoms with Gasteiger partial charge in [0.15, 0.2) is 5.76 Å². The summed E-state index contributed by atoms with van der Waals surface area (Å²) in [6.45, 7) is 1.43. The smallest absolute Gasteiger partial charge is 0.289 e. The molecule has 0 spiro atoms. The summed E-state index contributed by atoms with van der Waals surface area (Å²) in [6.07, 6.45) is 0. The summed E-state index contributed by atoms with van der Waals surface area (Å²) in [5, 5.41) is 0. The van der Waals surface area contributed by atoms with E-state index in [1.54, 1.807) is 34.1 Å². The van der Waals surface area contributed by atoms with Crippen molar-refractivity contribution in [3.8, 4) is 11.3 Å². The maximum atomic E-state index is 13.9. The summed E-state index contributed by atoms with van der Waals surface area (Å²) in [6, 6.07) is 14.7. The lowest BCUT2D eigenvalue weighted by Gasteiger charge is -2.34. The Hall–Kier alpha value is -3.48. The van der Waals surface area contributed by atoms with Crippen LogP contribution in [0.2, 0.25) is 0 Å². The minimum Gasteiger partial charge on any atom is -0.451 e. The van der Waals surface area contributed by atoms with Crippen LogP contribution in [0, 0.1) is 11.6 Å². The molecule has 4 rings (SSSR count). The van der Waals surface area contributed by atoms with Crippen LogP contribution in [-0.4, -0.2) is 47.8 Å². The van der Waals surface area contributed by atoms with E-state index in [-0.39, 0.29) is 23.3 Å². The van der Waals surface area contributed by atoms with Gasteiger partial charge in [0.05, 0.1) is 5.56 Å². The molecular formula is C22H18F2N2O3. The van der Waals surface area contributed by atoms with E-state index in [4.69, 9.17) is 4.42 Å². The Bertz CT molecular complexity index is 1040. The van der Waals surface area contributed by atoms with Crippen LogP contribution in [0.3, 0.4) is 0 Å². The van der Waals surface area contributed by atoms with Crippen molar-refractivity contribution in [1.29, 1.82) is 0 Å². The molecule has 5 nitrogen and oxygen atoms in total. The summed E-state index contributed by atoms with van der Waals surface area (Å²) in [7, 11) is 0. The van der Waals surface area contributed by atoms with Gasteiger partial charge >= 0.3 is 0 Å². The highest BCUT2D eigenvalue weighted by atomic mass is 19.1. The fraction of sp³-hybridized carbons (Fsp3) is 0.182. The SMILES string of the molecule is O=C(c1ccc(F)cc1)N1CCN(C(=O)c2ccc(-c3ccccc3F)o2)CC1. The van der Waals surface area contributed by atoms with Crippen molar-refractivity contribution >= 4 is 11.8 Å². The number of nitrogens with zero attached hydrogens (tertiary/aromatic N) is 2. The predicted molar refractivity (Wildman–Crippen MR) is 102 cm³/mol. The lowest BCUT2D eigenvalue weighted by Crippen LogP contribution is -2.50. The van der Waals surface area contributed by atoms with Crippen LogP contribution in [-0.2, 0) is 0 Å². The zero-order valence-corrected chi connectivity index (χ0v) is 15.5. The van der Waals surface area contributed by atoms with Crippen molar-refractivity contribution < 1.29 is 22.8 Å². The van der Waals surface area contributed by atoms with Gasteiger partial charge in [-0.1, -0.05) is 12.1 Å². The minimum absolute atomic E-state index is 0.126. The molecule has 1 fully saturated rings. The van der Waals surface area contributed by atoms with Crippen molar-refractivity contribution in [2.75, 3.05) is 26.2 Å². The van der Waals surface area contributed by atoms with Crippen molar-refractivity contribution in [1.82, 2.24) is 9.80 Å². The van der Waals surface area contributed by atoms with Gasteiger partial charge in [0.25, 0.3) is 11.8 Å². The Morgan fingerprint density at radius 1 is 0.759 bits per heavy atom. The first-order valence-electron chi connectivity index (χ1n) is 9.22. The first kappa shape index (κ1) is 18.9. The van der Waals surface area contributed by atoms with Crippen LogP contribution in [0.25, 0.3) is 11.3 Å². The first-order valence-corrected chi connectivity index (χ1v) is 9.22. The highest BCUT2D eigenvalue weighted by molar-refractivity contribution is 5.95. The van der Waals surface area contributed by atoms with Gasteiger partial charge in [-0.15, -0.1) is 0 Å². The lowest BCUT2D eigenvalue weighted by molar-refractivity contribution is 0.0518. The molecule has 0 aliphatic carbocycles. The number of carbonyl (C=O) groups is 2. The Balaban J connectivity index is 1.40.